The zero-order valence-corrected chi connectivity index (χ0v) is 12.4. The predicted molar refractivity (Wildman–Crippen MR) is 83.2 cm³/mol. The van der Waals surface area contributed by atoms with E-state index in [4.69, 9.17) is 4.74 Å². The topological polar surface area (TPSA) is 29.3 Å². The van der Waals surface area contributed by atoms with E-state index in [0.717, 1.165) is 12.1 Å². The van der Waals surface area contributed by atoms with Gasteiger partial charge in [-0.3, -0.25) is 4.90 Å². The van der Waals surface area contributed by atoms with Crippen LogP contribution in [0.25, 0.3) is 11.1 Å². The van der Waals surface area contributed by atoms with Crippen LogP contribution in [0.4, 0.5) is 0 Å². The summed E-state index contributed by atoms with van der Waals surface area (Å²) in [7, 11) is 2.13. The Morgan fingerprint density at radius 2 is 1.86 bits per heavy atom. The number of esters is 1. The monoisotopic (exact) mass is 281 g/mol. The van der Waals surface area contributed by atoms with Crippen molar-refractivity contribution in [3.8, 4) is 11.1 Å². The van der Waals surface area contributed by atoms with Crippen LogP contribution in [0, 0.1) is 0 Å². The van der Waals surface area contributed by atoms with E-state index < -0.39 is 0 Å². The highest BCUT2D eigenvalue weighted by atomic mass is 16.5. The van der Waals surface area contributed by atoms with Gasteiger partial charge in [-0.25, -0.2) is 4.79 Å². The van der Waals surface area contributed by atoms with E-state index in [9.17, 15) is 4.79 Å². The van der Waals surface area contributed by atoms with E-state index in [1.807, 2.05) is 31.2 Å². The van der Waals surface area contributed by atoms with E-state index >= 15 is 0 Å². The van der Waals surface area contributed by atoms with Gasteiger partial charge in [-0.1, -0.05) is 36.4 Å². The van der Waals surface area contributed by atoms with Crippen molar-refractivity contribution >= 4 is 5.97 Å². The molecule has 1 saturated heterocycles. The Hall–Kier alpha value is -2.13. The Bertz CT molecular complexity index is 649. The fourth-order valence-corrected chi connectivity index (χ4v) is 2.61. The van der Waals surface area contributed by atoms with Gasteiger partial charge in [0.05, 0.1) is 12.2 Å². The number of hydrogen-bond donors (Lipinski definition) is 0. The second kappa shape index (κ2) is 5.70. The summed E-state index contributed by atoms with van der Waals surface area (Å²) in [4.78, 5) is 14.0. The molecule has 3 nitrogen and oxygen atoms in total. The first-order valence-corrected chi connectivity index (χ1v) is 7.27. The Labute approximate surface area is 125 Å². The van der Waals surface area contributed by atoms with Gasteiger partial charge in [-0.05, 0) is 42.8 Å². The predicted octanol–water partition coefficient (Wildman–Crippen LogP) is 3.52. The minimum atomic E-state index is -0.265. The van der Waals surface area contributed by atoms with E-state index in [-0.39, 0.29) is 5.97 Å². The lowest BCUT2D eigenvalue weighted by Gasteiger charge is -2.10. The SMILES string of the molecule is CCOC(=O)c1ccc(-c2ccccc2C2CN2C)cc1. The lowest BCUT2D eigenvalue weighted by atomic mass is 9.97. The van der Waals surface area contributed by atoms with Gasteiger partial charge in [-0.15, -0.1) is 0 Å². The number of carbonyl (C=O) groups excluding carboxylic acids is 1. The normalized spacial score (nSPS) is 20.1. The van der Waals surface area contributed by atoms with Crippen LogP contribution in [-0.4, -0.2) is 31.1 Å². The molecule has 0 saturated carbocycles. The number of hydrogen-bond acceptors (Lipinski definition) is 3. The maximum Gasteiger partial charge on any atom is 0.338 e. The molecule has 1 aliphatic rings. The van der Waals surface area contributed by atoms with Gasteiger partial charge in [0.2, 0.25) is 0 Å². The molecule has 2 aromatic rings. The minimum Gasteiger partial charge on any atom is -0.462 e. The van der Waals surface area contributed by atoms with Crippen molar-refractivity contribution in [3.63, 3.8) is 0 Å². The lowest BCUT2D eigenvalue weighted by molar-refractivity contribution is 0.0526. The summed E-state index contributed by atoms with van der Waals surface area (Å²) in [5.41, 5.74) is 4.33. The Balaban J connectivity index is 1.89. The highest BCUT2D eigenvalue weighted by Crippen LogP contribution is 2.38. The van der Waals surface area contributed by atoms with E-state index in [1.165, 1.54) is 11.1 Å². The molecular weight excluding hydrogens is 262 g/mol. The van der Waals surface area contributed by atoms with Crippen molar-refractivity contribution in [1.82, 2.24) is 4.90 Å². The molecule has 1 aliphatic heterocycles. The molecule has 0 aliphatic carbocycles. The number of ether oxygens (including phenoxy) is 1. The first kappa shape index (κ1) is 13.8. The van der Waals surface area contributed by atoms with Crippen LogP contribution in [0.2, 0.25) is 0 Å². The van der Waals surface area contributed by atoms with Gasteiger partial charge in [0.15, 0.2) is 0 Å². The Morgan fingerprint density at radius 1 is 1.19 bits per heavy atom. The van der Waals surface area contributed by atoms with Crippen molar-refractivity contribution < 1.29 is 9.53 Å². The molecule has 1 fully saturated rings. The Morgan fingerprint density at radius 3 is 2.48 bits per heavy atom. The van der Waals surface area contributed by atoms with Gasteiger partial charge < -0.3 is 4.74 Å². The maximum atomic E-state index is 11.7. The number of carbonyl (C=O) groups is 1. The van der Waals surface area contributed by atoms with E-state index in [2.05, 4.69) is 36.2 Å². The second-order valence-corrected chi connectivity index (χ2v) is 5.34. The van der Waals surface area contributed by atoms with Crippen molar-refractivity contribution in [2.45, 2.75) is 13.0 Å². The van der Waals surface area contributed by atoms with Crippen LogP contribution in [-0.2, 0) is 4.74 Å². The molecule has 1 heterocycles. The summed E-state index contributed by atoms with van der Waals surface area (Å²) in [6, 6.07) is 16.6. The quantitative estimate of drug-likeness (QED) is 0.634. The second-order valence-electron chi connectivity index (χ2n) is 5.34. The highest BCUT2D eigenvalue weighted by Gasteiger charge is 2.32. The van der Waals surface area contributed by atoms with Gasteiger partial charge in [0, 0.05) is 12.6 Å². The zero-order chi connectivity index (χ0) is 14.8. The third-order valence-electron chi connectivity index (χ3n) is 3.89. The van der Waals surface area contributed by atoms with E-state index in [1.54, 1.807) is 0 Å². The fourth-order valence-electron chi connectivity index (χ4n) is 2.61. The van der Waals surface area contributed by atoms with E-state index in [0.29, 0.717) is 18.2 Å². The zero-order valence-electron chi connectivity index (χ0n) is 12.4. The molecule has 108 valence electrons. The van der Waals surface area contributed by atoms with Crippen molar-refractivity contribution in [2.75, 3.05) is 20.2 Å². The van der Waals surface area contributed by atoms with Gasteiger partial charge in [0.1, 0.15) is 0 Å². The smallest absolute Gasteiger partial charge is 0.338 e. The van der Waals surface area contributed by atoms with Gasteiger partial charge in [-0.2, -0.15) is 0 Å². The third kappa shape index (κ3) is 2.83. The molecular formula is C18H19NO2. The number of nitrogens with zero attached hydrogens (tertiary/aromatic N) is 1. The Kier molecular flexibility index (Phi) is 3.76. The molecule has 2 unspecified atom stereocenters. The molecule has 3 rings (SSSR count). The van der Waals surface area contributed by atoms with Crippen LogP contribution < -0.4 is 0 Å². The number of benzene rings is 2. The summed E-state index contributed by atoms with van der Waals surface area (Å²) in [5, 5.41) is 0. The molecule has 21 heavy (non-hydrogen) atoms. The summed E-state index contributed by atoms with van der Waals surface area (Å²) >= 11 is 0. The summed E-state index contributed by atoms with van der Waals surface area (Å²) in [6.07, 6.45) is 0. The fraction of sp³-hybridized carbons (Fsp3) is 0.278. The first-order chi connectivity index (χ1) is 10.2. The molecule has 0 N–H and O–H groups in total. The van der Waals surface area contributed by atoms with Crippen molar-refractivity contribution in [2.24, 2.45) is 0 Å². The molecule has 2 atom stereocenters. The van der Waals surface area contributed by atoms with Crippen molar-refractivity contribution in [3.05, 3.63) is 59.7 Å². The minimum absolute atomic E-state index is 0.265. The molecule has 0 bridgehead atoms. The highest BCUT2D eigenvalue weighted by molar-refractivity contribution is 5.90. The number of rotatable bonds is 4. The average molecular weight is 281 g/mol. The number of likely N-dealkylation sites (N-methyl/N-ethyl adjacent to an activating group) is 1. The molecule has 0 spiro atoms. The molecule has 0 amide bonds. The first-order valence-electron chi connectivity index (χ1n) is 7.27. The van der Waals surface area contributed by atoms with Crippen LogP contribution in [0.1, 0.15) is 28.9 Å². The largest absolute Gasteiger partial charge is 0.462 e. The standard InChI is InChI=1S/C18H19NO2/c1-3-21-18(20)14-10-8-13(9-11-14)15-6-4-5-7-16(15)17-12-19(17)2/h4-11,17H,3,12H2,1-2H3. The summed E-state index contributed by atoms with van der Waals surface area (Å²) < 4.78 is 5.01. The lowest BCUT2D eigenvalue weighted by Crippen LogP contribution is -2.04. The summed E-state index contributed by atoms with van der Waals surface area (Å²) in [5.74, 6) is -0.265. The van der Waals surface area contributed by atoms with Crippen LogP contribution in [0.15, 0.2) is 48.5 Å². The van der Waals surface area contributed by atoms with Crippen molar-refractivity contribution in [1.29, 1.82) is 0 Å². The maximum absolute atomic E-state index is 11.7. The molecule has 3 heteroatoms. The van der Waals surface area contributed by atoms with Crippen LogP contribution in [0.5, 0.6) is 0 Å². The van der Waals surface area contributed by atoms with Crippen LogP contribution >= 0.6 is 0 Å². The van der Waals surface area contributed by atoms with Gasteiger partial charge in [0.25, 0.3) is 0 Å². The third-order valence-corrected chi connectivity index (χ3v) is 3.89. The van der Waals surface area contributed by atoms with Crippen LogP contribution in [0.3, 0.4) is 0 Å². The summed E-state index contributed by atoms with van der Waals surface area (Å²) in [6.45, 7) is 3.32. The molecule has 0 radical (unpaired) electrons. The molecule has 2 aromatic carbocycles. The molecule has 0 aromatic heterocycles. The average Bonchev–Trinajstić information content (AvgIpc) is 3.24. The van der Waals surface area contributed by atoms with Gasteiger partial charge >= 0.3 is 5.97 Å².